The van der Waals surface area contributed by atoms with Crippen LogP contribution in [-0.4, -0.2) is 22.1 Å². The minimum atomic E-state index is -0.345. The van der Waals surface area contributed by atoms with E-state index in [9.17, 15) is 4.39 Å². The van der Waals surface area contributed by atoms with Crippen LogP contribution in [0.1, 0.15) is 41.0 Å². The molecule has 1 atom stereocenters. The number of pyridine rings is 1. The summed E-state index contributed by atoms with van der Waals surface area (Å²) in [5.41, 5.74) is 4.60. The number of aryl methyl sites for hydroxylation is 2. The lowest BCUT2D eigenvalue weighted by molar-refractivity contribution is 0.414. The summed E-state index contributed by atoms with van der Waals surface area (Å²) in [5.74, 6) is 0.981. The van der Waals surface area contributed by atoms with Crippen molar-refractivity contribution in [1.82, 2.24) is 15.0 Å². The number of methoxy groups -OCH3 is 1. The van der Waals surface area contributed by atoms with E-state index < -0.39 is 0 Å². The van der Waals surface area contributed by atoms with E-state index in [0.29, 0.717) is 11.5 Å². The predicted molar refractivity (Wildman–Crippen MR) is 104 cm³/mol. The lowest BCUT2D eigenvalue weighted by Crippen LogP contribution is -2.13. The maximum Gasteiger partial charge on any atom is 0.223 e. The highest BCUT2D eigenvalue weighted by atomic mass is 19.1. The number of ether oxygens (including phenoxy) is 1. The summed E-state index contributed by atoms with van der Waals surface area (Å²) in [6, 6.07) is 9.36. The topological polar surface area (TPSA) is 59.9 Å². The summed E-state index contributed by atoms with van der Waals surface area (Å²) >= 11 is 0. The Morgan fingerprint density at radius 1 is 1.07 bits per heavy atom. The fourth-order valence-electron chi connectivity index (χ4n) is 3.02. The summed E-state index contributed by atoms with van der Waals surface area (Å²) in [4.78, 5) is 12.9. The second-order valence-electron chi connectivity index (χ2n) is 6.48. The second-order valence-corrected chi connectivity index (χ2v) is 6.48. The van der Waals surface area contributed by atoms with E-state index in [1.54, 1.807) is 19.4 Å². The molecule has 0 spiro atoms. The van der Waals surface area contributed by atoms with Crippen LogP contribution in [0.2, 0.25) is 0 Å². The Bertz CT molecular complexity index is 905. The minimum Gasteiger partial charge on any atom is -0.497 e. The number of hydrogen-bond donors (Lipinski definition) is 1. The molecule has 0 radical (unpaired) electrons. The Morgan fingerprint density at radius 3 is 2.33 bits per heavy atom. The van der Waals surface area contributed by atoms with Crippen molar-refractivity contribution in [3.63, 3.8) is 0 Å². The largest absolute Gasteiger partial charge is 0.497 e. The number of aromatic nitrogens is 3. The highest BCUT2D eigenvalue weighted by molar-refractivity contribution is 5.39. The summed E-state index contributed by atoms with van der Waals surface area (Å²) in [6.45, 7) is 5.81. The fraction of sp³-hybridized carbons (Fsp3) is 0.286. The molecule has 0 amide bonds. The van der Waals surface area contributed by atoms with Crippen LogP contribution < -0.4 is 10.1 Å². The van der Waals surface area contributed by atoms with Gasteiger partial charge in [-0.05, 0) is 50.1 Å². The first-order valence-corrected chi connectivity index (χ1v) is 8.81. The molecule has 0 aliphatic rings. The van der Waals surface area contributed by atoms with E-state index in [1.165, 1.54) is 11.8 Å². The van der Waals surface area contributed by atoms with Gasteiger partial charge in [0.15, 0.2) is 0 Å². The minimum absolute atomic E-state index is 0.265. The third-order valence-electron chi connectivity index (χ3n) is 4.58. The molecule has 1 unspecified atom stereocenters. The van der Waals surface area contributed by atoms with Crippen molar-refractivity contribution in [2.75, 3.05) is 12.4 Å². The van der Waals surface area contributed by atoms with E-state index in [0.717, 1.165) is 29.1 Å². The van der Waals surface area contributed by atoms with Gasteiger partial charge in [-0.25, -0.2) is 14.4 Å². The Kier molecular flexibility index (Phi) is 5.64. The van der Waals surface area contributed by atoms with Crippen molar-refractivity contribution in [3.05, 3.63) is 76.6 Å². The second kappa shape index (κ2) is 8.12. The van der Waals surface area contributed by atoms with E-state index in [2.05, 4.69) is 20.3 Å². The first-order valence-electron chi connectivity index (χ1n) is 8.81. The average Bonchev–Trinajstić information content (AvgIpc) is 2.65. The van der Waals surface area contributed by atoms with Gasteiger partial charge in [0, 0.05) is 29.6 Å². The molecule has 2 heterocycles. The van der Waals surface area contributed by atoms with Crippen LogP contribution >= 0.6 is 0 Å². The van der Waals surface area contributed by atoms with Crippen LogP contribution in [0.4, 0.5) is 10.3 Å². The fourth-order valence-corrected chi connectivity index (χ4v) is 3.02. The van der Waals surface area contributed by atoms with Crippen molar-refractivity contribution in [2.24, 2.45) is 0 Å². The van der Waals surface area contributed by atoms with Gasteiger partial charge < -0.3 is 10.1 Å². The number of anilines is 1. The third kappa shape index (κ3) is 4.39. The van der Waals surface area contributed by atoms with Gasteiger partial charge in [-0.1, -0.05) is 12.1 Å². The molecule has 27 heavy (non-hydrogen) atoms. The molecule has 140 valence electrons. The summed E-state index contributed by atoms with van der Waals surface area (Å²) < 4.78 is 19.1. The van der Waals surface area contributed by atoms with E-state index in [4.69, 9.17) is 4.74 Å². The zero-order valence-electron chi connectivity index (χ0n) is 16.0. The molecule has 2 aromatic heterocycles. The Hall–Kier alpha value is -3.02. The molecule has 0 aliphatic heterocycles. The maximum absolute atomic E-state index is 13.9. The molecule has 0 aliphatic carbocycles. The van der Waals surface area contributed by atoms with Crippen molar-refractivity contribution in [2.45, 2.75) is 33.2 Å². The number of benzene rings is 1. The van der Waals surface area contributed by atoms with Gasteiger partial charge in [0.25, 0.3) is 0 Å². The Morgan fingerprint density at radius 2 is 1.74 bits per heavy atom. The molecule has 3 rings (SSSR count). The van der Waals surface area contributed by atoms with Gasteiger partial charge in [-0.2, -0.15) is 0 Å². The number of halogens is 1. The SMILES string of the molecule is COc1ccc(Cc2c(C)nc(NC(C)c3ccncc3F)nc2C)cc1. The molecular weight excluding hydrogens is 343 g/mol. The van der Waals surface area contributed by atoms with Crippen LogP contribution in [0.3, 0.4) is 0 Å². The monoisotopic (exact) mass is 366 g/mol. The normalized spacial score (nSPS) is 11.9. The van der Waals surface area contributed by atoms with Crippen LogP contribution in [0.25, 0.3) is 0 Å². The van der Waals surface area contributed by atoms with Gasteiger partial charge in [-0.3, -0.25) is 4.98 Å². The summed E-state index contributed by atoms with van der Waals surface area (Å²) in [6.07, 6.45) is 3.53. The molecule has 6 heteroatoms. The van der Waals surface area contributed by atoms with Crippen LogP contribution in [0.15, 0.2) is 42.7 Å². The predicted octanol–water partition coefficient (Wildman–Crippen LogP) is 4.40. The highest BCUT2D eigenvalue weighted by Gasteiger charge is 2.14. The molecular formula is C21H23FN4O. The summed E-state index contributed by atoms with van der Waals surface area (Å²) in [5, 5.41) is 3.18. The Labute approximate surface area is 158 Å². The molecule has 1 N–H and O–H groups in total. The van der Waals surface area contributed by atoms with E-state index >= 15 is 0 Å². The lowest BCUT2D eigenvalue weighted by Gasteiger charge is -2.17. The summed E-state index contributed by atoms with van der Waals surface area (Å²) in [7, 11) is 1.65. The highest BCUT2D eigenvalue weighted by Crippen LogP contribution is 2.22. The lowest BCUT2D eigenvalue weighted by atomic mass is 10.0. The van der Waals surface area contributed by atoms with Crippen LogP contribution in [-0.2, 0) is 6.42 Å². The first-order chi connectivity index (χ1) is 13.0. The average molecular weight is 366 g/mol. The van der Waals surface area contributed by atoms with E-state index in [-0.39, 0.29) is 11.9 Å². The van der Waals surface area contributed by atoms with Crippen molar-refractivity contribution in [1.29, 1.82) is 0 Å². The zero-order valence-corrected chi connectivity index (χ0v) is 16.0. The zero-order chi connectivity index (χ0) is 19.4. The molecule has 0 saturated carbocycles. The molecule has 5 nitrogen and oxygen atoms in total. The molecule has 1 aromatic carbocycles. The molecule has 0 bridgehead atoms. The van der Waals surface area contributed by atoms with Gasteiger partial charge in [0.1, 0.15) is 11.6 Å². The number of rotatable bonds is 6. The van der Waals surface area contributed by atoms with Crippen molar-refractivity contribution >= 4 is 5.95 Å². The van der Waals surface area contributed by atoms with Gasteiger partial charge in [0.05, 0.1) is 19.3 Å². The van der Waals surface area contributed by atoms with E-state index in [1.807, 2.05) is 45.0 Å². The smallest absolute Gasteiger partial charge is 0.223 e. The maximum atomic E-state index is 13.9. The van der Waals surface area contributed by atoms with Crippen LogP contribution in [0.5, 0.6) is 5.75 Å². The van der Waals surface area contributed by atoms with Gasteiger partial charge in [-0.15, -0.1) is 0 Å². The van der Waals surface area contributed by atoms with Gasteiger partial charge >= 0.3 is 0 Å². The van der Waals surface area contributed by atoms with Gasteiger partial charge in [0.2, 0.25) is 5.95 Å². The third-order valence-corrected chi connectivity index (χ3v) is 4.58. The molecule has 0 fully saturated rings. The molecule has 3 aromatic rings. The Balaban J connectivity index is 1.79. The quantitative estimate of drug-likeness (QED) is 0.701. The number of nitrogens with one attached hydrogen (secondary N) is 1. The first kappa shape index (κ1) is 18.8. The van der Waals surface area contributed by atoms with Crippen molar-refractivity contribution in [3.8, 4) is 5.75 Å². The number of nitrogens with zero attached hydrogens (tertiary/aromatic N) is 3. The standard InChI is InChI=1S/C21H23FN4O/c1-13(18-9-10-23-12-20(18)22)24-21-25-14(2)19(15(3)26-21)11-16-5-7-17(27-4)8-6-16/h5-10,12-13H,11H2,1-4H3,(H,24,25,26). The molecule has 0 saturated heterocycles. The number of hydrogen-bond acceptors (Lipinski definition) is 5. The van der Waals surface area contributed by atoms with Crippen molar-refractivity contribution < 1.29 is 9.13 Å². The van der Waals surface area contributed by atoms with Crippen LogP contribution in [0, 0.1) is 19.7 Å².